The number of aromatic nitrogens is 1. The molecule has 2 aliphatic rings. The minimum atomic E-state index is -0.990. The number of likely N-dealkylation sites (tertiary alicyclic amines) is 1. The van der Waals surface area contributed by atoms with E-state index in [0.29, 0.717) is 36.5 Å². The summed E-state index contributed by atoms with van der Waals surface area (Å²) in [5.74, 6) is -0.650. The molecule has 0 bridgehead atoms. The van der Waals surface area contributed by atoms with E-state index in [2.05, 4.69) is 15.6 Å². The molecular weight excluding hydrogens is 526 g/mol. The highest BCUT2D eigenvalue weighted by molar-refractivity contribution is 7.20. The van der Waals surface area contributed by atoms with Crippen LogP contribution in [0.3, 0.4) is 0 Å². The Bertz CT molecular complexity index is 1370. The summed E-state index contributed by atoms with van der Waals surface area (Å²) in [6, 6.07) is 11.9. The highest BCUT2D eigenvalue weighted by Gasteiger charge is 2.39. The van der Waals surface area contributed by atoms with Gasteiger partial charge in [-0.2, -0.15) is 0 Å². The number of hydrogen-bond acceptors (Lipinski definition) is 7. The molecule has 0 spiro atoms. The minimum absolute atomic E-state index is 0.0434. The Labute approximate surface area is 237 Å². The number of fused-ring (bicyclic) bond motifs is 1. The number of nitrogens with one attached hydrogen (secondary N) is 2. The molecular formula is C30H35N5O4S. The number of urea groups is 1. The molecule has 1 saturated carbocycles. The summed E-state index contributed by atoms with van der Waals surface area (Å²) in [5, 5.41) is 6.07. The Morgan fingerprint density at radius 1 is 1.00 bits per heavy atom. The fraction of sp³-hybridized carbons (Fsp3) is 0.433. The van der Waals surface area contributed by atoms with E-state index in [1.165, 1.54) is 16.2 Å². The van der Waals surface area contributed by atoms with Gasteiger partial charge in [-0.25, -0.2) is 9.78 Å². The fourth-order valence-electron chi connectivity index (χ4n) is 5.64. The minimum Gasteiger partial charge on any atom is -0.346 e. The molecule has 5 rings (SSSR count). The molecule has 3 atom stereocenters. The standard InChI is InChI=1S/C30H35N5O4S/c1-18(32-28(38)21-7-2-3-8-21)26(36)23-10-6-16-35(23)30(39)34-25(20-14-12-19(17-31)13-15-20)27(37)29-33-22-9-4-5-11-24(22)40-29/h4-5,9,11-15,18,21,23,25H,2-3,6-8,10,16-17,31H2,1H3,(H,32,38)(H,34,39). The number of benzene rings is 2. The number of Topliss-reactive ketones (excluding diaryl/α,β-unsaturated/α-hetero) is 2. The topological polar surface area (TPSA) is 134 Å². The molecule has 3 amide bonds. The number of amides is 3. The zero-order valence-electron chi connectivity index (χ0n) is 22.6. The lowest BCUT2D eigenvalue weighted by atomic mass is 10.0. The molecule has 4 N–H and O–H groups in total. The Kier molecular flexibility index (Phi) is 8.56. The lowest BCUT2D eigenvalue weighted by Gasteiger charge is -2.28. The number of rotatable bonds is 9. The molecule has 9 nitrogen and oxygen atoms in total. The van der Waals surface area contributed by atoms with Crippen LogP contribution in [0.4, 0.5) is 4.79 Å². The molecule has 1 saturated heterocycles. The number of nitrogens with two attached hydrogens (primary N) is 1. The molecule has 40 heavy (non-hydrogen) atoms. The largest absolute Gasteiger partial charge is 0.346 e. The molecule has 1 aliphatic heterocycles. The third kappa shape index (κ3) is 5.93. The van der Waals surface area contributed by atoms with Crippen LogP contribution in [0.15, 0.2) is 48.5 Å². The van der Waals surface area contributed by atoms with Crippen molar-refractivity contribution < 1.29 is 19.2 Å². The third-order valence-electron chi connectivity index (χ3n) is 7.94. The zero-order chi connectivity index (χ0) is 28.2. The maximum absolute atomic E-state index is 13.8. The van der Waals surface area contributed by atoms with Crippen molar-refractivity contribution in [1.82, 2.24) is 20.5 Å². The molecule has 3 aromatic rings. The van der Waals surface area contributed by atoms with Crippen LogP contribution in [0, 0.1) is 5.92 Å². The maximum Gasteiger partial charge on any atom is 0.318 e. The number of hydrogen-bond donors (Lipinski definition) is 3. The van der Waals surface area contributed by atoms with Crippen molar-refractivity contribution in [1.29, 1.82) is 0 Å². The first-order chi connectivity index (χ1) is 19.4. The van der Waals surface area contributed by atoms with E-state index in [1.54, 1.807) is 19.1 Å². The van der Waals surface area contributed by atoms with Crippen LogP contribution in [0.25, 0.3) is 10.2 Å². The average Bonchev–Trinajstić information content (AvgIpc) is 3.76. The predicted molar refractivity (Wildman–Crippen MR) is 154 cm³/mol. The molecule has 10 heteroatoms. The van der Waals surface area contributed by atoms with E-state index in [0.717, 1.165) is 41.5 Å². The van der Waals surface area contributed by atoms with E-state index >= 15 is 0 Å². The Balaban J connectivity index is 1.34. The molecule has 3 unspecified atom stereocenters. The molecule has 210 valence electrons. The van der Waals surface area contributed by atoms with Gasteiger partial charge in [0.2, 0.25) is 11.7 Å². The summed E-state index contributed by atoms with van der Waals surface area (Å²) < 4.78 is 0.883. The van der Waals surface area contributed by atoms with Crippen molar-refractivity contribution in [2.24, 2.45) is 11.7 Å². The van der Waals surface area contributed by atoms with Crippen LogP contribution in [0.1, 0.15) is 72.4 Å². The SMILES string of the molecule is CC(NC(=O)C1CCCC1)C(=O)C1CCCN1C(=O)NC(C(=O)c1nc2ccccc2s1)c1ccc(CN)cc1. The van der Waals surface area contributed by atoms with Gasteiger partial charge in [0.25, 0.3) is 0 Å². The first-order valence-electron chi connectivity index (χ1n) is 14.0. The maximum atomic E-state index is 13.8. The fourth-order valence-corrected chi connectivity index (χ4v) is 6.57. The van der Waals surface area contributed by atoms with Gasteiger partial charge in [-0.05, 0) is 55.9 Å². The highest BCUT2D eigenvalue weighted by Crippen LogP contribution is 2.28. The van der Waals surface area contributed by atoms with Crippen molar-refractivity contribution in [2.75, 3.05) is 6.54 Å². The molecule has 1 aliphatic carbocycles. The zero-order valence-corrected chi connectivity index (χ0v) is 23.4. The van der Waals surface area contributed by atoms with Crippen LogP contribution in [0.2, 0.25) is 0 Å². The van der Waals surface area contributed by atoms with Crippen LogP contribution in [0.5, 0.6) is 0 Å². The first kappa shape index (κ1) is 27.9. The van der Waals surface area contributed by atoms with E-state index in [4.69, 9.17) is 5.73 Å². The van der Waals surface area contributed by atoms with Gasteiger partial charge in [-0.15, -0.1) is 11.3 Å². The third-order valence-corrected chi connectivity index (χ3v) is 8.99. The summed E-state index contributed by atoms with van der Waals surface area (Å²) in [7, 11) is 0. The van der Waals surface area contributed by atoms with Gasteiger partial charge in [-0.1, -0.05) is 49.2 Å². The van der Waals surface area contributed by atoms with Gasteiger partial charge in [-0.3, -0.25) is 14.4 Å². The predicted octanol–water partition coefficient (Wildman–Crippen LogP) is 4.12. The van der Waals surface area contributed by atoms with Crippen LogP contribution in [-0.4, -0.2) is 52.0 Å². The van der Waals surface area contributed by atoms with E-state index in [9.17, 15) is 19.2 Å². The van der Waals surface area contributed by atoms with Crippen LogP contribution < -0.4 is 16.4 Å². The quantitative estimate of drug-likeness (QED) is 0.337. The highest BCUT2D eigenvalue weighted by atomic mass is 32.1. The van der Waals surface area contributed by atoms with Crippen molar-refractivity contribution in [3.63, 3.8) is 0 Å². The number of nitrogens with zero attached hydrogens (tertiary/aromatic N) is 2. The number of carbonyl (C=O) groups is 4. The summed E-state index contributed by atoms with van der Waals surface area (Å²) in [6.45, 7) is 2.43. The Morgan fingerprint density at radius 3 is 2.42 bits per heavy atom. The smallest absolute Gasteiger partial charge is 0.318 e. The monoisotopic (exact) mass is 561 g/mol. The Hall–Kier alpha value is -3.63. The number of para-hydroxylation sites is 1. The summed E-state index contributed by atoms with van der Waals surface area (Å²) in [6.07, 6.45) is 4.93. The van der Waals surface area contributed by atoms with Gasteiger partial charge < -0.3 is 21.3 Å². The number of ketones is 2. The van der Waals surface area contributed by atoms with Crippen molar-refractivity contribution in [3.05, 3.63) is 64.7 Å². The van der Waals surface area contributed by atoms with Gasteiger partial charge in [0.15, 0.2) is 10.8 Å². The number of carbonyl (C=O) groups excluding carboxylic acids is 4. The molecule has 1 aromatic heterocycles. The van der Waals surface area contributed by atoms with Gasteiger partial charge in [0.1, 0.15) is 6.04 Å². The Morgan fingerprint density at radius 2 is 1.73 bits per heavy atom. The molecule has 2 heterocycles. The van der Waals surface area contributed by atoms with Crippen LogP contribution >= 0.6 is 11.3 Å². The van der Waals surface area contributed by atoms with Gasteiger partial charge in [0, 0.05) is 19.0 Å². The molecule has 0 radical (unpaired) electrons. The van der Waals surface area contributed by atoms with Crippen molar-refractivity contribution in [2.45, 2.75) is 70.1 Å². The summed E-state index contributed by atoms with van der Waals surface area (Å²) >= 11 is 1.28. The van der Waals surface area contributed by atoms with E-state index in [1.807, 2.05) is 36.4 Å². The number of thiazole rings is 1. The lowest BCUT2D eigenvalue weighted by Crippen LogP contribution is -2.53. The second-order valence-electron chi connectivity index (χ2n) is 10.6. The normalized spacial score (nSPS) is 18.9. The van der Waals surface area contributed by atoms with Crippen molar-refractivity contribution in [3.8, 4) is 0 Å². The van der Waals surface area contributed by atoms with Crippen molar-refractivity contribution >= 4 is 45.1 Å². The van der Waals surface area contributed by atoms with Gasteiger partial charge >= 0.3 is 6.03 Å². The summed E-state index contributed by atoms with van der Waals surface area (Å²) in [5.41, 5.74) is 7.99. The second-order valence-corrected chi connectivity index (χ2v) is 11.7. The van der Waals surface area contributed by atoms with Gasteiger partial charge in [0.05, 0.1) is 22.3 Å². The van der Waals surface area contributed by atoms with E-state index < -0.39 is 24.2 Å². The molecule has 2 aromatic carbocycles. The van der Waals surface area contributed by atoms with E-state index in [-0.39, 0.29) is 23.4 Å². The lowest BCUT2D eigenvalue weighted by molar-refractivity contribution is -0.131. The van der Waals surface area contributed by atoms with Crippen LogP contribution in [-0.2, 0) is 16.1 Å². The second kappa shape index (κ2) is 12.3. The molecule has 2 fully saturated rings. The summed E-state index contributed by atoms with van der Waals surface area (Å²) in [4.78, 5) is 59.4. The average molecular weight is 562 g/mol. The first-order valence-corrected chi connectivity index (χ1v) is 14.8.